The average Bonchev–Trinajstić information content (AvgIpc) is 2.78. The van der Waals surface area contributed by atoms with Crippen molar-refractivity contribution in [3.8, 4) is 11.4 Å². The van der Waals surface area contributed by atoms with Crippen molar-refractivity contribution >= 4 is 16.9 Å². The summed E-state index contributed by atoms with van der Waals surface area (Å²) in [6, 6.07) is 12.9. The van der Waals surface area contributed by atoms with Crippen LogP contribution in [0.3, 0.4) is 0 Å². The average molecular weight is 295 g/mol. The molecular weight excluding hydrogens is 278 g/mol. The van der Waals surface area contributed by atoms with Crippen molar-refractivity contribution in [1.29, 1.82) is 0 Å². The molecule has 0 saturated carbocycles. The number of carboxylic acids is 1. The summed E-state index contributed by atoms with van der Waals surface area (Å²) in [6.45, 7) is 3.88. The van der Waals surface area contributed by atoms with Crippen LogP contribution in [0, 0.1) is 6.92 Å². The molecule has 2 aromatic carbocycles. The number of hydrogen-bond acceptors (Lipinski definition) is 2. The van der Waals surface area contributed by atoms with Crippen molar-refractivity contribution in [2.75, 3.05) is 0 Å². The molecule has 0 unspecified atom stereocenters. The molecule has 0 saturated heterocycles. The van der Waals surface area contributed by atoms with Crippen LogP contribution in [0.25, 0.3) is 16.6 Å². The van der Waals surface area contributed by atoms with Gasteiger partial charge in [-0.25, -0.2) is 4.79 Å². The van der Waals surface area contributed by atoms with Crippen LogP contribution in [0.15, 0.2) is 42.5 Å². The van der Waals surface area contributed by atoms with Gasteiger partial charge in [-0.15, -0.1) is 0 Å². The number of nitrogens with zero attached hydrogens (tertiary/aromatic N) is 1. The Morgan fingerprint density at radius 3 is 2.41 bits per heavy atom. The fraction of sp³-hybridized carbons (Fsp3) is 0.167. The standard InChI is InChI=1S/C18H17NO3/c1-3-12-4-6-13(7-5-12)19-11(2)17(18(21)22)15-10-14(20)8-9-16(15)19/h4-10,20H,3H2,1-2H3,(H,21,22). The molecular formula is C18H17NO3. The zero-order chi connectivity index (χ0) is 15.9. The second-order valence-corrected chi connectivity index (χ2v) is 5.32. The SMILES string of the molecule is CCc1ccc(-n2c(C)c(C(=O)O)c3cc(O)ccc32)cc1. The largest absolute Gasteiger partial charge is 0.508 e. The number of rotatable bonds is 3. The van der Waals surface area contributed by atoms with Gasteiger partial charge in [-0.2, -0.15) is 0 Å². The van der Waals surface area contributed by atoms with Crippen molar-refractivity contribution in [3.05, 3.63) is 59.3 Å². The van der Waals surface area contributed by atoms with E-state index in [1.54, 1.807) is 19.1 Å². The Balaban J connectivity index is 2.33. The van der Waals surface area contributed by atoms with Crippen LogP contribution >= 0.6 is 0 Å². The summed E-state index contributed by atoms with van der Waals surface area (Å²) in [7, 11) is 0. The Bertz CT molecular complexity index is 860. The van der Waals surface area contributed by atoms with Gasteiger partial charge < -0.3 is 14.8 Å². The molecule has 0 atom stereocenters. The first-order valence-electron chi connectivity index (χ1n) is 7.19. The molecule has 3 rings (SSSR count). The first-order valence-corrected chi connectivity index (χ1v) is 7.19. The second kappa shape index (κ2) is 5.22. The van der Waals surface area contributed by atoms with E-state index < -0.39 is 5.97 Å². The van der Waals surface area contributed by atoms with Crippen molar-refractivity contribution < 1.29 is 15.0 Å². The maximum atomic E-state index is 11.6. The maximum absolute atomic E-state index is 11.6. The van der Waals surface area contributed by atoms with Crippen LogP contribution in [0.1, 0.15) is 28.5 Å². The minimum absolute atomic E-state index is 0.0634. The van der Waals surface area contributed by atoms with E-state index in [2.05, 4.69) is 6.92 Å². The second-order valence-electron chi connectivity index (χ2n) is 5.32. The Hall–Kier alpha value is -2.75. The lowest BCUT2D eigenvalue weighted by molar-refractivity contribution is 0.0698. The molecule has 4 nitrogen and oxygen atoms in total. The third-order valence-electron chi connectivity index (χ3n) is 4.00. The van der Waals surface area contributed by atoms with E-state index in [4.69, 9.17) is 0 Å². The maximum Gasteiger partial charge on any atom is 0.338 e. The molecule has 0 amide bonds. The van der Waals surface area contributed by atoms with Gasteiger partial charge in [0.1, 0.15) is 5.75 Å². The molecule has 0 aliphatic rings. The molecule has 1 heterocycles. The number of carbonyl (C=O) groups is 1. The Labute approximate surface area is 128 Å². The molecule has 4 heteroatoms. The quantitative estimate of drug-likeness (QED) is 0.770. The summed E-state index contributed by atoms with van der Waals surface area (Å²) in [5.74, 6) is -0.925. The fourth-order valence-corrected chi connectivity index (χ4v) is 2.89. The number of aryl methyl sites for hydroxylation is 1. The number of phenols is 1. The van der Waals surface area contributed by atoms with Gasteiger partial charge in [0, 0.05) is 16.8 Å². The molecule has 112 valence electrons. The topological polar surface area (TPSA) is 62.5 Å². The van der Waals surface area contributed by atoms with Crippen molar-refractivity contribution in [3.63, 3.8) is 0 Å². The van der Waals surface area contributed by atoms with Gasteiger partial charge in [0.15, 0.2) is 0 Å². The van der Waals surface area contributed by atoms with E-state index in [0.29, 0.717) is 11.1 Å². The molecule has 2 N–H and O–H groups in total. The third-order valence-corrected chi connectivity index (χ3v) is 4.00. The molecule has 0 aliphatic carbocycles. The van der Waals surface area contributed by atoms with Crippen LogP contribution in [0.2, 0.25) is 0 Å². The zero-order valence-electron chi connectivity index (χ0n) is 12.5. The van der Waals surface area contributed by atoms with Gasteiger partial charge in [-0.1, -0.05) is 19.1 Å². The number of fused-ring (bicyclic) bond motifs is 1. The number of hydrogen-bond donors (Lipinski definition) is 2. The number of benzene rings is 2. The summed E-state index contributed by atoms with van der Waals surface area (Å²) in [5.41, 5.74) is 3.80. The number of phenolic OH excluding ortho intramolecular Hbond substituents is 1. The fourth-order valence-electron chi connectivity index (χ4n) is 2.89. The minimum atomic E-state index is -0.989. The molecule has 0 radical (unpaired) electrons. The van der Waals surface area contributed by atoms with E-state index >= 15 is 0 Å². The number of aromatic hydroxyl groups is 1. The van der Waals surface area contributed by atoms with Gasteiger partial charge >= 0.3 is 5.97 Å². The summed E-state index contributed by atoms with van der Waals surface area (Å²) < 4.78 is 1.91. The molecule has 0 fully saturated rings. The normalized spacial score (nSPS) is 11.0. The first-order chi connectivity index (χ1) is 10.5. The highest BCUT2D eigenvalue weighted by Gasteiger charge is 2.20. The summed E-state index contributed by atoms with van der Waals surface area (Å²) in [4.78, 5) is 11.6. The molecule has 0 bridgehead atoms. The number of aromatic nitrogens is 1. The lowest BCUT2D eigenvalue weighted by atomic mass is 10.1. The lowest BCUT2D eigenvalue weighted by Gasteiger charge is -2.09. The summed E-state index contributed by atoms with van der Waals surface area (Å²) in [5, 5.41) is 19.7. The van der Waals surface area contributed by atoms with Crippen molar-refractivity contribution in [2.45, 2.75) is 20.3 Å². The Morgan fingerprint density at radius 2 is 1.82 bits per heavy atom. The monoisotopic (exact) mass is 295 g/mol. The van der Waals surface area contributed by atoms with Crippen LogP contribution in [0.5, 0.6) is 5.75 Å². The van der Waals surface area contributed by atoms with Gasteiger partial charge in [0.05, 0.1) is 11.1 Å². The van der Waals surface area contributed by atoms with Crippen LogP contribution in [0.4, 0.5) is 0 Å². The van der Waals surface area contributed by atoms with Gasteiger partial charge in [-0.05, 0) is 49.2 Å². The van der Waals surface area contributed by atoms with E-state index in [1.807, 2.05) is 28.8 Å². The Morgan fingerprint density at radius 1 is 1.14 bits per heavy atom. The minimum Gasteiger partial charge on any atom is -0.508 e. The van der Waals surface area contributed by atoms with Crippen molar-refractivity contribution in [1.82, 2.24) is 4.57 Å². The predicted octanol–water partition coefficient (Wildman–Crippen LogP) is 3.91. The highest BCUT2D eigenvalue weighted by Crippen LogP contribution is 2.31. The van der Waals surface area contributed by atoms with E-state index in [-0.39, 0.29) is 11.3 Å². The smallest absolute Gasteiger partial charge is 0.338 e. The van der Waals surface area contributed by atoms with E-state index in [0.717, 1.165) is 17.6 Å². The number of aromatic carboxylic acids is 1. The lowest BCUT2D eigenvalue weighted by Crippen LogP contribution is -2.01. The summed E-state index contributed by atoms with van der Waals surface area (Å²) in [6.07, 6.45) is 0.958. The van der Waals surface area contributed by atoms with E-state index in [9.17, 15) is 15.0 Å². The van der Waals surface area contributed by atoms with Crippen LogP contribution in [-0.4, -0.2) is 20.7 Å². The third kappa shape index (κ3) is 2.13. The number of carboxylic acid groups (broad SMARTS) is 1. The first kappa shape index (κ1) is 14.2. The summed E-state index contributed by atoms with van der Waals surface area (Å²) >= 11 is 0. The van der Waals surface area contributed by atoms with Gasteiger partial charge in [0.2, 0.25) is 0 Å². The predicted molar refractivity (Wildman–Crippen MR) is 86.0 cm³/mol. The molecule has 3 aromatic rings. The molecule has 0 aliphatic heterocycles. The van der Waals surface area contributed by atoms with Crippen LogP contribution in [-0.2, 0) is 6.42 Å². The van der Waals surface area contributed by atoms with Gasteiger partial charge in [0.25, 0.3) is 0 Å². The highest BCUT2D eigenvalue weighted by atomic mass is 16.4. The molecule has 0 spiro atoms. The van der Waals surface area contributed by atoms with Crippen LogP contribution < -0.4 is 0 Å². The molecule has 1 aromatic heterocycles. The van der Waals surface area contributed by atoms with Crippen molar-refractivity contribution in [2.24, 2.45) is 0 Å². The highest BCUT2D eigenvalue weighted by molar-refractivity contribution is 6.06. The zero-order valence-corrected chi connectivity index (χ0v) is 12.5. The van der Waals surface area contributed by atoms with Gasteiger partial charge in [-0.3, -0.25) is 0 Å². The molecule has 22 heavy (non-hydrogen) atoms. The van der Waals surface area contributed by atoms with E-state index in [1.165, 1.54) is 11.6 Å². The Kier molecular flexibility index (Phi) is 3.37.